The molecule has 2 aliphatic heterocycles. The molecule has 5 nitrogen and oxygen atoms in total. The lowest BCUT2D eigenvalue weighted by atomic mass is 9.97. The molecule has 3 N–H and O–H groups in total. The molecule has 18 heavy (non-hydrogen) atoms. The van der Waals surface area contributed by atoms with Gasteiger partial charge in [-0.25, -0.2) is 0 Å². The Bertz CT molecular complexity index is 259. The van der Waals surface area contributed by atoms with Gasteiger partial charge >= 0.3 is 0 Å². The van der Waals surface area contributed by atoms with Crippen LogP contribution >= 0.6 is 0 Å². The maximum absolute atomic E-state index is 10.3. The Morgan fingerprint density at radius 1 is 1.44 bits per heavy atom. The monoisotopic (exact) mass is 258 g/mol. The topological polar surface area (TPSA) is 65.0 Å². The Morgan fingerprint density at radius 2 is 2.17 bits per heavy atom. The van der Waals surface area contributed by atoms with E-state index in [2.05, 4.69) is 10.2 Å². The third kappa shape index (κ3) is 3.65. The van der Waals surface area contributed by atoms with Crippen LogP contribution in [0.2, 0.25) is 0 Å². The van der Waals surface area contributed by atoms with Crippen LogP contribution in [0.1, 0.15) is 26.2 Å². The highest BCUT2D eigenvalue weighted by molar-refractivity contribution is 4.91. The highest BCUT2D eigenvalue weighted by atomic mass is 16.5. The highest BCUT2D eigenvalue weighted by Gasteiger charge is 2.39. The smallest absolute Gasteiger partial charge is 0.105 e. The van der Waals surface area contributed by atoms with Crippen LogP contribution in [0.3, 0.4) is 0 Å². The Balaban J connectivity index is 1.62. The van der Waals surface area contributed by atoms with Gasteiger partial charge in [-0.05, 0) is 32.9 Å². The predicted octanol–water partition coefficient (Wildman–Crippen LogP) is -0.427. The summed E-state index contributed by atoms with van der Waals surface area (Å²) in [6, 6.07) is 0. The van der Waals surface area contributed by atoms with Crippen LogP contribution in [0.25, 0.3) is 0 Å². The number of aliphatic hydroxyl groups is 2. The van der Waals surface area contributed by atoms with Gasteiger partial charge in [-0.15, -0.1) is 0 Å². The molecule has 0 bridgehead atoms. The van der Waals surface area contributed by atoms with Crippen molar-refractivity contribution in [3.8, 4) is 0 Å². The van der Waals surface area contributed by atoms with E-state index in [0.717, 1.165) is 19.6 Å². The Morgan fingerprint density at radius 3 is 2.78 bits per heavy atom. The van der Waals surface area contributed by atoms with E-state index in [0.29, 0.717) is 26.1 Å². The molecule has 3 unspecified atom stereocenters. The van der Waals surface area contributed by atoms with Gasteiger partial charge in [0.15, 0.2) is 0 Å². The van der Waals surface area contributed by atoms with Crippen LogP contribution in [-0.2, 0) is 4.74 Å². The molecule has 0 saturated carbocycles. The van der Waals surface area contributed by atoms with Crippen molar-refractivity contribution in [3.05, 3.63) is 0 Å². The van der Waals surface area contributed by atoms with E-state index >= 15 is 0 Å². The number of hydrogen-bond donors (Lipinski definition) is 3. The van der Waals surface area contributed by atoms with Crippen molar-refractivity contribution in [1.29, 1.82) is 0 Å². The lowest BCUT2D eigenvalue weighted by Crippen LogP contribution is -2.48. The lowest BCUT2D eigenvalue weighted by Gasteiger charge is -2.27. The van der Waals surface area contributed by atoms with E-state index in [1.165, 1.54) is 12.8 Å². The van der Waals surface area contributed by atoms with E-state index in [-0.39, 0.29) is 12.2 Å². The first-order chi connectivity index (χ1) is 8.60. The predicted molar refractivity (Wildman–Crippen MR) is 69.5 cm³/mol. The fraction of sp³-hybridized carbons (Fsp3) is 1.00. The van der Waals surface area contributed by atoms with E-state index in [9.17, 15) is 10.2 Å². The second-order valence-corrected chi connectivity index (χ2v) is 5.66. The van der Waals surface area contributed by atoms with E-state index in [1.54, 1.807) is 0 Å². The van der Waals surface area contributed by atoms with Crippen molar-refractivity contribution in [2.45, 2.75) is 44.0 Å². The average Bonchev–Trinajstić information content (AvgIpc) is 2.91. The van der Waals surface area contributed by atoms with E-state index in [4.69, 9.17) is 4.74 Å². The summed E-state index contributed by atoms with van der Waals surface area (Å²) in [6.07, 6.45) is 2.68. The Labute approximate surface area is 109 Å². The number of likely N-dealkylation sites (tertiary alicyclic amines) is 1. The number of nitrogens with zero attached hydrogens (tertiary/aromatic N) is 1. The maximum Gasteiger partial charge on any atom is 0.105 e. The van der Waals surface area contributed by atoms with E-state index in [1.807, 2.05) is 6.92 Å². The normalized spacial score (nSPS) is 35.2. The number of nitrogens with one attached hydrogen (secondary N) is 1. The standard InChI is InChI=1S/C13H26N2O3/c1-11-13(17,4-7-18-11)10-14-8-12(16)9-15-5-2-3-6-15/h11-12,14,16-17H,2-10H2,1H3. The quantitative estimate of drug-likeness (QED) is 0.603. The number of rotatable bonds is 6. The Hall–Kier alpha value is -0.200. The zero-order chi connectivity index (χ0) is 13.0. The molecule has 0 aliphatic carbocycles. The fourth-order valence-corrected chi connectivity index (χ4v) is 2.79. The molecule has 2 fully saturated rings. The van der Waals surface area contributed by atoms with E-state index < -0.39 is 5.60 Å². The largest absolute Gasteiger partial charge is 0.390 e. The molecular weight excluding hydrogens is 232 g/mol. The molecule has 0 aromatic rings. The first-order valence-electron chi connectivity index (χ1n) is 7.05. The van der Waals surface area contributed by atoms with Gasteiger partial charge in [-0.3, -0.25) is 0 Å². The lowest BCUT2D eigenvalue weighted by molar-refractivity contribution is -0.0277. The van der Waals surface area contributed by atoms with Gasteiger partial charge < -0.3 is 25.2 Å². The minimum atomic E-state index is -0.770. The number of β-amino-alcohol motifs (C(OH)–C–C–N with tert-alkyl or cyclic N) is 1. The maximum atomic E-state index is 10.3. The van der Waals surface area contributed by atoms with Crippen molar-refractivity contribution in [1.82, 2.24) is 10.2 Å². The van der Waals surface area contributed by atoms with Crippen LogP contribution < -0.4 is 5.32 Å². The van der Waals surface area contributed by atoms with Gasteiger partial charge in [-0.2, -0.15) is 0 Å². The van der Waals surface area contributed by atoms with Crippen molar-refractivity contribution in [2.75, 3.05) is 39.3 Å². The zero-order valence-corrected chi connectivity index (χ0v) is 11.3. The van der Waals surface area contributed by atoms with Crippen LogP contribution in [0, 0.1) is 0 Å². The van der Waals surface area contributed by atoms with Gasteiger partial charge in [0.05, 0.1) is 12.2 Å². The van der Waals surface area contributed by atoms with Crippen molar-refractivity contribution < 1.29 is 14.9 Å². The second-order valence-electron chi connectivity index (χ2n) is 5.66. The van der Waals surface area contributed by atoms with Crippen molar-refractivity contribution in [2.24, 2.45) is 0 Å². The molecule has 0 aromatic carbocycles. The molecule has 2 rings (SSSR count). The minimum absolute atomic E-state index is 0.124. The van der Waals surface area contributed by atoms with Crippen molar-refractivity contribution >= 4 is 0 Å². The molecule has 5 heteroatoms. The molecule has 0 aromatic heterocycles. The van der Waals surface area contributed by atoms with Gasteiger partial charge in [0.2, 0.25) is 0 Å². The summed E-state index contributed by atoms with van der Waals surface area (Å²) in [5.74, 6) is 0. The van der Waals surface area contributed by atoms with Crippen LogP contribution in [0.5, 0.6) is 0 Å². The summed E-state index contributed by atoms with van der Waals surface area (Å²) in [5.41, 5.74) is -0.770. The molecule has 0 spiro atoms. The van der Waals surface area contributed by atoms with Gasteiger partial charge in [0, 0.05) is 32.7 Å². The van der Waals surface area contributed by atoms with Gasteiger partial charge in [0.25, 0.3) is 0 Å². The van der Waals surface area contributed by atoms with Crippen molar-refractivity contribution in [3.63, 3.8) is 0 Å². The first-order valence-corrected chi connectivity index (χ1v) is 7.05. The molecule has 0 amide bonds. The summed E-state index contributed by atoms with van der Waals surface area (Å²) in [5, 5.41) is 23.4. The molecule has 106 valence electrons. The number of hydrogen-bond acceptors (Lipinski definition) is 5. The molecule has 2 heterocycles. The molecule has 3 atom stereocenters. The molecule has 2 aliphatic rings. The fourth-order valence-electron chi connectivity index (χ4n) is 2.79. The minimum Gasteiger partial charge on any atom is -0.390 e. The number of aliphatic hydroxyl groups excluding tert-OH is 1. The Kier molecular flexibility index (Phi) is 4.98. The molecular formula is C13H26N2O3. The van der Waals surface area contributed by atoms with Crippen LogP contribution in [0.15, 0.2) is 0 Å². The number of ether oxygens (including phenoxy) is 1. The third-order valence-corrected chi connectivity index (χ3v) is 4.14. The summed E-state index contributed by atoms with van der Waals surface area (Å²) >= 11 is 0. The summed E-state index contributed by atoms with van der Waals surface area (Å²) < 4.78 is 5.37. The zero-order valence-electron chi connectivity index (χ0n) is 11.3. The summed E-state index contributed by atoms with van der Waals surface area (Å²) in [6.45, 7) is 6.48. The summed E-state index contributed by atoms with van der Waals surface area (Å²) in [4.78, 5) is 2.29. The molecule has 0 radical (unpaired) electrons. The second kappa shape index (κ2) is 6.30. The van der Waals surface area contributed by atoms with Crippen LogP contribution in [-0.4, -0.2) is 72.3 Å². The highest BCUT2D eigenvalue weighted by Crippen LogP contribution is 2.24. The molecule has 2 saturated heterocycles. The first kappa shape index (κ1) is 14.2. The van der Waals surface area contributed by atoms with Gasteiger partial charge in [-0.1, -0.05) is 0 Å². The SMILES string of the molecule is CC1OCCC1(O)CNCC(O)CN1CCCC1. The van der Waals surface area contributed by atoms with Gasteiger partial charge in [0.1, 0.15) is 5.60 Å². The third-order valence-electron chi connectivity index (χ3n) is 4.14. The average molecular weight is 258 g/mol. The summed E-state index contributed by atoms with van der Waals surface area (Å²) in [7, 11) is 0. The van der Waals surface area contributed by atoms with Crippen LogP contribution in [0.4, 0.5) is 0 Å².